The van der Waals surface area contributed by atoms with E-state index in [-0.39, 0.29) is 54.9 Å². The molecule has 2 amide bonds. The minimum Gasteiger partial charge on any atom is -0.447 e. The number of amides is 2. The highest BCUT2D eigenvalue weighted by Gasteiger charge is 2.54. The molecular weight excluding hydrogens is 397 g/mol. The fourth-order valence-corrected chi connectivity index (χ4v) is 4.76. The van der Waals surface area contributed by atoms with E-state index in [2.05, 4.69) is 5.32 Å². The molecule has 2 heterocycles. The highest BCUT2D eigenvalue weighted by Crippen LogP contribution is 2.45. The molecule has 2 saturated heterocycles. The van der Waals surface area contributed by atoms with Gasteiger partial charge in [0.05, 0.1) is 10.6 Å². The van der Waals surface area contributed by atoms with Crippen LogP contribution in [0.4, 0.5) is 18.0 Å². The third kappa shape index (κ3) is 3.32. The molecule has 5 nitrogen and oxygen atoms in total. The first kappa shape index (κ1) is 19.4. The number of benzene rings is 1. The first-order valence-corrected chi connectivity index (χ1v) is 9.65. The Bertz CT molecular complexity index is 806. The molecule has 1 aromatic rings. The van der Waals surface area contributed by atoms with Gasteiger partial charge in [0.1, 0.15) is 12.4 Å². The number of ether oxygens (including phenoxy) is 1. The lowest BCUT2D eigenvalue weighted by Crippen LogP contribution is -2.59. The first-order valence-electron chi connectivity index (χ1n) is 9.27. The molecule has 0 radical (unpaired) electrons. The molecular formula is C19H20ClF3N2O3. The lowest BCUT2D eigenvalue weighted by Gasteiger charge is -2.45. The van der Waals surface area contributed by atoms with Gasteiger partial charge in [0.25, 0.3) is 5.92 Å². The van der Waals surface area contributed by atoms with Crippen molar-refractivity contribution in [2.45, 2.75) is 37.1 Å². The zero-order chi connectivity index (χ0) is 20.1. The van der Waals surface area contributed by atoms with E-state index in [4.69, 9.17) is 16.3 Å². The Kier molecular flexibility index (Phi) is 4.72. The number of piperidine rings is 1. The summed E-state index contributed by atoms with van der Waals surface area (Å²) in [6, 6.07) is 2.90. The summed E-state index contributed by atoms with van der Waals surface area (Å²) >= 11 is 5.83. The normalized spacial score (nSPS) is 28.1. The van der Waals surface area contributed by atoms with Gasteiger partial charge in [-0.2, -0.15) is 0 Å². The summed E-state index contributed by atoms with van der Waals surface area (Å²) in [5, 5.41) is 2.45. The topological polar surface area (TPSA) is 58.6 Å². The van der Waals surface area contributed by atoms with E-state index in [1.54, 1.807) is 4.90 Å². The van der Waals surface area contributed by atoms with E-state index in [0.717, 1.165) is 18.2 Å². The van der Waals surface area contributed by atoms with Crippen molar-refractivity contribution in [2.24, 2.45) is 11.8 Å². The number of nitrogens with one attached hydrogen (secondary N) is 1. The summed E-state index contributed by atoms with van der Waals surface area (Å²) in [6.45, 7) is 0.747. The largest absolute Gasteiger partial charge is 0.447 e. The average Bonchev–Trinajstić information content (AvgIpc) is 3.02. The van der Waals surface area contributed by atoms with Crippen LogP contribution in [-0.4, -0.2) is 42.1 Å². The number of halogens is 4. The number of carbonyl (C=O) groups excluding carboxylic acids is 2. The van der Waals surface area contributed by atoms with Crippen LogP contribution in [-0.2, 0) is 15.5 Å². The molecule has 0 bridgehead atoms. The Morgan fingerprint density at radius 1 is 1.29 bits per heavy atom. The lowest BCUT2D eigenvalue weighted by atomic mass is 9.68. The molecule has 2 aliphatic heterocycles. The van der Waals surface area contributed by atoms with Crippen molar-refractivity contribution in [1.82, 2.24) is 10.2 Å². The number of hydrogen-bond donors (Lipinski definition) is 1. The van der Waals surface area contributed by atoms with E-state index in [1.807, 2.05) is 0 Å². The van der Waals surface area contributed by atoms with Crippen LogP contribution in [0.3, 0.4) is 0 Å². The van der Waals surface area contributed by atoms with E-state index in [1.165, 1.54) is 0 Å². The predicted molar refractivity (Wildman–Crippen MR) is 94.5 cm³/mol. The van der Waals surface area contributed by atoms with Crippen LogP contribution in [0.5, 0.6) is 0 Å². The van der Waals surface area contributed by atoms with Gasteiger partial charge in [0.15, 0.2) is 0 Å². The average molecular weight is 417 g/mol. The third-order valence-corrected chi connectivity index (χ3v) is 6.39. The van der Waals surface area contributed by atoms with Crippen LogP contribution >= 0.6 is 11.6 Å². The summed E-state index contributed by atoms with van der Waals surface area (Å²) in [4.78, 5) is 25.5. The van der Waals surface area contributed by atoms with Gasteiger partial charge in [-0.05, 0) is 43.9 Å². The molecule has 0 unspecified atom stereocenters. The summed E-state index contributed by atoms with van der Waals surface area (Å²) in [6.07, 6.45) is 0.847. The summed E-state index contributed by atoms with van der Waals surface area (Å²) in [7, 11) is 0. The molecule has 3 aliphatic rings. The molecule has 28 heavy (non-hydrogen) atoms. The second-order valence-corrected chi connectivity index (χ2v) is 8.34. The maximum Gasteiger partial charge on any atom is 0.407 e. The highest BCUT2D eigenvalue weighted by atomic mass is 35.5. The Morgan fingerprint density at radius 2 is 1.96 bits per heavy atom. The van der Waals surface area contributed by atoms with Crippen molar-refractivity contribution >= 4 is 23.6 Å². The number of alkyl halides is 2. The van der Waals surface area contributed by atoms with E-state index in [0.29, 0.717) is 12.8 Å². The number of rotatable bonds is 3. The number of hydrogen-bond acceptors (Lipinski definition) is 3. The van der Waals surface area contributed by atoms with Crippen molar-refractivity contribution in [1.29, 1.82) is 0 Å². The van der Waals surface area contributed by atoms with Gasteiger partial charge < -0.3 is 15.0 Å². The summed E-state index contributed by atoms with van der Waals surface area (Å²) in [5.74, 6) is -5.09. The highest BCUT2D eigenvalue weighted by molar-refractivity contribution is 6.31. The summed E-state index contributed by atoms with van der Waals surface area (Å²) < 4.78 is 47.8. The van der Waals surface area contributed by atoms with Crippen molar-refractivity contribution in [3.8, 4) is 0 Å². The summed E-state index contributed by atoms with van der Waals surface area (Å²) in [5.41, 5.74) is -0.819. The number of nitrogens with zero attached hydrogens (tertiary/aromatic N) is 1. The van der Waals surface area contributed by atoms with Gasteiger partial charge in [0, 0.05) is 30.5 Å². The quantitative estimate of drug-likeness (QED) is 0.817. The van der Waals surface area contributed by atoms with Crippen molar-refractivity contribution < 1.29 is 27.5 Å². The molecule has 1 aliphatic carbocycles. The van der Waals surface area contributed by atoms with E-state index in [9.17, 15) is 22.8 Å². The van der Waals surface area contributed by atoms with Gasteiger partial charge >= 0.3 is 6.09 Å². The molecule has 1 N–H and O–H groups in total. The molecule has 9 heteroatoms. The second kappa shape index (κ2) is 6.83. The van der Waals surface area contributed by atoms with Gasteiger partial charge in [-0.15, -0.1) is 0 Å². The lowest BCUT2D eigenvalue weighted by molar-refractivity contribution is -0.146. The zero-order valence-corrected chi connectivity index (χ0v) is 15.8. The van der Waals surface area contributed by atoms with Crippen LogP contribution in [0.2, 0.25) is 5.02 Å². The molecule has 1 aromatic carbocycles. The molecule has 1 spiro atoms. The fourth-order valence-electron chi connectivity index (χ4n) is 4.47. The predicted octanol–water partition coefficient (Wildman–Crippen LogP) is 3.70. The molecule has 0 aromatic heterocycles. The molecule has 152 valence electrons. The third-order valence-electron chi connectivity index (χ3n) is 6.08. The van der Waals surface area contributed by atoms with Crippen LogP contribution in [0.1, 0.15) is 31.2 Å². The zero-order valence-electron chi connectivity index (χ0n) is 15.0. The number of alkyl carbamates (subject to hydrolysis) is 1. The molecule has 3 fully saturated rings. The smallest absolute Gasteiger partial charge is 0.407 e. The SMILES string of the molecule is O=C1NC2(CO1)CC(C(=O)N1CCC(C(F)(F)c3ccc(F)cc3Cl)CC1)C2. The monoisotopic (exact) mass is 416 g/mol. The maximum absolute atomic E-state index is 14.9. The Balaban J connectivity index is 1.34. The minimum absolute atomic E-state index is 0.0617. The maximum atomic E-state index is 14.9. The van der Waals surface area contributed by atoms with Gasteiger partial charge in [-0.1, -0.05) is 11.6 Å². The van der Waals surface area contributed by atoms with Crippen molar-refractivity contribution in [2.75, 3.05) is 19.7 Å². The number of likely N-dealkylation sites (tertiary alicyclic amines) is 1. The Hall–Kier alpha value is -1.96. The molecule has 1 saturated carbocycles. The Labute approximate surface area is 165 Å². The van der Waals surface area contributed by atoms with Gasteiger partial charge in [0.2, 0.25) is 5.91 Å². The number of cyclic esters (lactones) is 1. The first-order chi connectivity index (χ1) is 13.2. The van der Waals surface area contributed by atoms with Crippen LogP contribution in [0, 0.1) is 17.7 Å². The molecule has 4 rings (SSSR count). The van der Waals surface area contributed by atoms with Crippen LogP contribution in [0.25, 0.3) is 0 Å². The fraction of sp³-hybridized carbons (Fsp3) is 0.579. The molecule has 0 atom stereocenters. The van der Waals surface area contributed by atoms with Gasteiger partial charge in [-0.3, -0.25) is 4.79 Å². The van der Waals surface area contributed by atoms with Crippen LogP contribution < -0.4 is 5.32 Å². The van der Waals surface area contributed by atoms with E-state index < -0.39 is 29.3 Å². The van der Waals surface area contributed by atoms with Crippen LogP contribution in [0.15, 0.2) is 18.2 Å². The van der Waals surface area contributed by atoms with Crippen molar-refractivity contribution in [3.05, 3.63) is 34.6 Å². The Morgan fingerprint density at radius 3 is 2.54 bits per heavy atom. The van der Waals surface area contributed by atoms with Crippen molar-refractivity contribution in [3.63, 3.8) is 0 Å². The number of carbonyl (C=O) groups is 2. The minimum atomic E-state index is -3.19. The second-order valence-electron chi connectivity index (χ2n) is 7.93. The van der Waals surface area contributed by atoms with E-state index >= 15 is 0 Å². The standard InChI is InChI=1S/C19H20ClF3N2O3/c20-15-7-13(21)1-2-14(15)19(22,23)12-3-5-25(6-4-12)16(26)11-8-18(9-11)10-28-17(27)24-18/h1-2,7,11-12H,3-6,8-10H2,(H,24,27). The van der Waals surface area contributed by atoms with Gasteiger partial charge in [-0.25, -0.2) is 18.0 Å².